The Hall–Kier alpha value is -2.07. The molecule has 3 rings (SSSR count). The molecule has 2 N–H and O–H groups in total. The van der Waals surface area contributed by atoms with Crippen LogP contribution >= 0.6 is 24.0 Å². The van der Waals surface area contributed by atoms with Gasteiger partial charge in [-0.15, -0.1) is 24.0 Å². The Labute approximate surface area is 208 Å². The second kappa shape index (κ2) is 14.2. The number of pyridine rings is 1. The van der Waals surface area contributed by atoms with Crippen LogP contribution in [0.2, 0.25) is 0 Å². The number of halogens is 1. The highest BCUT2D eigenvalue weighted by atomic mass is 127. The minimum atomic E-state index is 0. The SMILES string of the molecule is CCOCCOc1cc(C)ccc1CNC(=NC)NCc1ccc(OCC2CC2)nc1.I. The van der Waals surface area contributed by atoms with Crippen molar-refractivity contribution < 1.29 is 14.2 Å². The number of benzene rings is 1. The monoisotopic (exact) mass is 554 g/mol. The number of nitrogens with one attached hydrogen (secondary N) is 2. The molecule has 1 fully saturated rings. The Bertz CT molecular complexity index is 842. The molecule has 32 heavy (non-hydrogen) atoms. The summed E-state index contributed by atoms with van der Waals surface area (Å²) in [6.45, 7) is 7.86. The van der Waals surface area contributed by atoms with E-state index in [9.17, 15) is 0 Å². The first-order chi connectivity index (χ1) is 15.2. The van der Waals surface area contributed by atoms with E-state index < -0.39 is 0 Å². The summed E-state index contributed by atoms with van der Waals surface area (Å²) in [7, 11) is 1.76. The predicted octanol–water partition coefficient (Wildman–Crippen LogP) is 4.08. The first-order valence-corrected chi connectivity index (χ1v) is 11.0. The van der Waals surface area contributed by atoms with Crippen LogP contribution in [0.4, 0.5) is 0 Å². The van der Waals surface area contributed by atoms with Crippen molar-refractivity contribution in [1.82, 2.24) is 15.6 Å². The Kier molecular flexibility index (Phi) is 11.6. The molecule has 1 aromatic carbocycles. The molecule has 0 spiro atoms. The summed E-state index contributed by atoms with van der Waals surface area (Å²) < 4.78 is 17.0. The Morgan fingerprint density at radius 1 is 1.09 bits per heavy atom. The zero-order valence-electron chi connectivity index (χ0n) is 19.2. The summed E-state index contributed by atoms with van der Waals surface area (Å²) in [6, 6.07) is 10.2. The van der Waals surface area contributed by atoms with Crippen molar-refractivity contribution in [3.05, 3.63) is 53.2 Å². The van der Waals surface area contributed by atoms with Crippen molar-refractivity contribution in [2.45, 2.75) is 39.8 Å². The van der Waals surface area contributed by atoms with Crippen LogP contribution in [0.3, 0.4) is 0 Å². The Morgan fingerprint density at radius 2 is 1.91 bits per heavy atom. The average Bonchev–Trinajstić information content (AvgIpc) is 3.62. The van der Waals surface area contributed by atoms with Gasteiger partial charge in [-0.3, -0.25) is 4.99 Å². The third-order valence-electron chi connectivity index (χ3n) is 5.00. The lowest BCUT2D eigenvalue weighted by atomic mass is 10.1. The van der Waals surface area contributed by atoms with E-state index in [2.05, 4.69) is 45.7 Å². The molecule has 176 valence electrons. The maximum atomic E-state index is 5.92. The van der Waals surface area contributed by atoms with Crippen LogP contribution in [0.1, 0.15) is 36.5 Å². The molecule has 1 aromatic heterocycles. The van der Waals surface area contributed by atoms with E-state index in [0.717, 1.165) is 40.9 Å². The van der Waals surface area contributed by atoms with Gasteiger partial charge in [-0.1, -0.05) is 18.2 Å². The highest BCUT2D eigenvalue weighted by Gasteiger charge is 2.22. The summed E-state index contributed by atoms with van der Waals surface area (Å²) in [5.41, 5.74) is 3.30. The van der Waals surface area contributed by atoms with E-state index in [0.29, 0.717) is 38.8 Å². The van der Waals surface area contributed by atoms with Crippen molar-refractivity contribution in [1.29, 1.82) is 0 Å². The summed E-state index contributed by atoms with van der Waals surface area (Å²) in [5.74, 6) is 3.00. The lowest BCUT2D eigenvalue weighted by Gasteiger charge is -2.15. The third kappa shape index (κ3) is 9.20. The molecular weight excluding hydrogens is 519 g/mol. The summed E-state index contributed by atoms with van der Waals surface area (Å²) in [5, 5.41) is 6.67. The van der Waals surface area contributed by atoms with Crippen LogP contribution in [0.15, 0.2) is 41.5 Å². The number of rotatable bonds is 12. The van der Waals surface area contributed by atoms with Gasteiger partial charge >= 0.3 is 0 Å². The van der Waals surface area contributed by atoms with Crippen molar-refractivity contribution in [3.63, 3.8) is 0 Å². The van der Waals surface area contributed by atoms with Crippen molar-refractivity contribution in [2.75, 3.05) is 33.5 Å². The lowest BCUT2D eigenvalue weighted by Crippen LogP contribution is -2.36. The average molecular weight is 554 g/mol. The number of aryl methyl sites for hydroxylation is 1. The molecule has 1 heterocycles. The van der Waals surface area contributed by atoms with E-state index in [1.165, 1.54) is 12.8 Å². The Morgan fingerprint density at radius 3 is 2.59 bits per heavy atom. The van der Waals surface area contributed by atoms with Crippen LogP contribution in [-0.2, 0) is 17.8 Å². The third-order valence-corrected chi connectivity index (χ3v) is 5.00. The fourth-order valence-corrected chi connectivity index (χ4v) is 2.97. The van der Waals surface area contributed by atoms with E-state index in [1.807, 2.05) is 25.3 Å². The zero-order chi connectivity index (χ0) is 21.9. The van der Waals surface area contributed by atoms with Crippen LogP contribution in [0.25, 0.3) is 0 Å². The van der Waals surface area contributed by atoms with Gasteiger partial charge in [-0.25, -0.2) is 4.98 Å². The summed E-state index contributed by atoms with van der Waals surface area (Å²) >= 11 is 0. The minimum absolute atomic E-state index is 0. The predicted molar refractivity (Wildman–Crippen MR) is 138 cm³/mol. The topological polar surface area (TPSA) is 77.0 Å². The molecular formula is C24H35IN4O3. The lowest BCUT2D eigenvalue weighted by molar-refractivity contribution is 0.110. The molecule has 8 heteroatoms. The van der Waals surface area contributed by atoms with Crippen LogP contribution in [-0.4, -0.2) is 44.4 Å². The molecule has 0 radical (unpaired) electrons. The number of aromatic nitrogens is 1. The number of nitrogens with zero attached hydrogens (tertiary/aromatic N) is 2. The number of ether oxygens (including phenoxy) is 3. The van der Waals surface area contributed by atoms with E-state index in [4.69, 9.17) is 14.2 Å². The molecule has 0 amide bonds. The second-order valence-electron chi connectivity index (χ2n) is 7.69. The van der Waals surface area contributed by atoms with E-state index in [-0.39, 0.29) is 24.0 Å². The zero-order valence-corrected chi connectivity index (χ0v) is 21.6. The fraction of sp³-hybridized carbons (Fsp3) is 0.500. The number of guanidine groups is 1. The molecule has 1 aliphatic rings. The maximum Gasteiger partial charge on any atom is 0.213 e. The van der Waals surface area contributed by atoms with E-state index >= 15 is 0 Å². The number of hydrogen-bond acceptors (Lipinski definition) is 5. The molecule has 1 saturated carbocycles. The van der Waals surface area contributed by atoms with Crippen LogP contribution < -0.4 is 20.1 Å². The van der Waals surface area contributed by atoms with Crippen molar-refractivity contribution >= 4 is 29.9 Å². The van der Waals surface area contributed by atoms with Gasteiger partial charge in [0.05, 0.1) is 13.2 Å². The molecule has 0 atom stereocenters. The molecule has 2 aromatic rings. The Balaban J connectivity index is 0.00000363. The molecule has 7 nitrogen and oxygen atoms in total. The molecule has 1 aliphatic carbocycles. The minimum Gasteiger partial charge on any atom is -0.491 e. The molecule has 0 unspecified atom stereocenters. The summed E-state index contributed by atoms with van der Waals surface area (Å²) in [4.78, 5) is 8.70. The van der Waals surface area contributed by atoms with Gasteiger partial charge in [-0.2, -0.15) is 0 Å². The summed E-state index contributed by atoms with van der Waals surface area (Å²) in [6.07, 6.45) is 4.39. The normalized spacial score (nSPS) is 13.3. The van der Waals surface area contributed by atoms with E-state index in [1.54, 1.807) is 7.05 Å². The van der Waals surface area contributed by atoms with Gasteiger partial charge < -0.3 is 24.8 Å². The van der Waals surface area contributed by atoms with Gasteiger partial charge in [0.15, 0.2) is 5.96 Å². The highest BCUT2D eigenvalue weighted by Crippen LogP contribution is 2.29. The fourth-order valence-electron chi connectivity index (χ4n) is 2.97. The quantitative estimate of drug-likeness (QED) is 0.178. The largest absolute Gasteiger partial charge is 0.491 e. The van der Waals surface area contributed by atoms with Gasteiger partial charge in [0.2, 0.25) is 5.88 Å². The number of aliphatic imine (C=N–C) groups is 1. The van der Waals surface area contributed by atoms with Crippen molar-refractivity contribution in [3.8, 4) is 11.6 Å². The second-order valence-corrected chi connectivity index (χ2v) is 7.69. The van der Waals surface area contributed by atoms with Crippen LogP contribution in [0, 0.1) is 12.8 Å². The standard InChI is InChI=1S/C24H34N4O3.HI/c1-4-29-11-12-30-22-13-18(2)5-9-21(22)16-28-24(25-3)27-15-20-8-10-23(26-14-20)31-17-19-6-7-19;/h5,8-10,13-14,19H,4,6-7,11-12,15-17H2,1-3H3,(H2,25,27,28);1H. The van der Waals surface area contributed by atoms with Crippen LogP contribution in [0.5, 0.6) is 11.6 Å². The highest BCUT2D eigenvalue weighted by molar-refractivity contribution is 14.0. The smallest absolute Gasteiger partial charge is 0.213 e. The van der Waals surface area contributed by atoms with Crippen molar-refractivity contribution in [2.24, 2.45) is 10.9 Å². The van der Waals surface area contributed by atoms with Gasteiger partial charge in [0.25, 0.3) is 0 Å². The first-order valence-electron chi connectivity index (χ1n) is 11.0. The maximum absolute atomic E-state index is 5.92. The molecule has 0 aliphatic heterocycles. The molecule has 0 saturated heterocycles. The van der Waals surface area contributed by atoms with Gasteiger partial charge in [0, 0.05) is 44.6 Å². The van der Waals surface area contributed by atoms with Gasteiger partial charge in [-0.05, 0) is 49.8 Å². The number of hydrogen-bond donors (Lipinski definition) is 2. The first kappa shape index (κ1) is 26.2. The molecule has 0 bridgehead atoms. The van der Waals surface area contributed by atoms with Gasteiger partial charge in [0.1, 0.15) is 12.4 Å².